The van der Waals surface area contributed by atoms with Crippen LogP contribution in [0.2, 0.25) is 0 Å². The number of ether oxygens (including phenoxy) is 1. The molecular formula is C17H33NO2. The van der Waals surface area contributed by atoms with Gasteiger partial charge in [-0.3, -0.25) is 4.79 Å². The molecule has 1 aliphatic heterocycles. The Kier molecular flexibility index (Phi) is 7.75. The lowest BCUT2D eigenvalue weighted by atomic mass is 9.76. The van der Waals surface area contributed by atoms with Crippen LogP contribution in [0.3, 0.4) is 0 Å². The fraction of sp³-hybridized carbons (Fsp3) is 0.941. The lowest BCUT2D eigenvalue weighted by Gasteiger charge is -2.30. The van der Waals surface area contributed by atoms with Crippen LogP contribution in [-0.4, -0.2) is 25.0 Å². The van der Waals surface area contributed by atoms with Crippen molar-refractivity contribution in [2.24, 2.45) is 17.1 Å². The number of Topliss-reactive ketones (excluding diaryl/α,β-unsaturated/α-hetero) is 1. The van der Waals surface area contributed by atoms with Crippen LogP contribution < -0.4 is 5.73 Å². The van der Waals surface area contributed by atoms with Gasteiger partial charge in [0.2, 0.25) is 0 Å². The molecule has 2 N–H and O–H groups in total. The van der Waals surface area contributed by atoms with E-state index in [-0.39, 0.29) is 5.41 Å². The van der Waals surface area contributed by atoms with Crippen molar-refractivity contribution in [1.82, 2.24) is 0 Å². The van der Waals surface area contributed by atoms with E-state index >= 15 is 0 Å². The molecule has 0 radical (unpaired) electrons. The first-order valence-electron chi connectivity index (χ1n) is 8.27. The van der Waals surface area contributed by atoms with Crippen LogP contribution in [0, 0.1) is 11.3 Å². The highest BCUT2D eigenvalue weighted by Gasteiger charge is 2.24. The molecule has 118 valence electrons. The maximum Gasteiger partial charge on any atom is 0.132 e. The third-order valence-corrected chi connectivity index (χ3v) is 4.52. The molecule has 2 atom stereocenters. The number of ketones is 1. The van der Waals surface area contributed by atoms with Gasteiger partial charge in [-0.05, 0) is 56.4 Å². The first-order chi connectivity index (χ1) is 9.43. The van der Waals surface area contributed by atoms with Gasteiger partial charge in [-0.15, -0.1) is 0 Å². The van der Waals surface area contributed by atoms with Gasteiger partial charge in [0.05, 0.1) is 6.10 Å². The second-order valence-electron chi connectivity index (χ2n) is 7.24. The van der Waals surface area contributed by atoms with Crippen LogP contribution in [0.15, 0.2) is 0 Å². The Bertz CT molecular complexity index is 277. The summed E-state index contributed by atoms with van der Waals surface area (Å²) in [4.78, 5) is 12.0. The molecule has 20 heavy (non-hydrogen) atoms. The molecule has 0 bridgehead atoms. The number of carbonyl (C=O) groups excluding carboxylic acids is 1. The highest BCUT2D eigenvalue weighted by Crippen LogP contribution is 2.32. The fourth-order valence-corrected chi connectivity index (χ4v) is 3.07. The van der Waals surface area contributed by atoms with Gasteiger partial charge in [-0.1, -0.05) is 20.8 Å². The van der Waals surface area contributed by atoms with Crippen LogP contribution in [0.4, 0.5) is 0 Å². The highest BCUT2D eigenvalue weighted by molar-refractivity contribution is 5.78. The quantitative estimate of drug-likeness (QED) is 0.702. The van der Waals surface area contributed by atoms with E-state index in [1.54, 1.807) is 0 Å². The predicted molar refractivity (Wildman–Crippen MR) is 83.7 cm³/mol. The molecule has 0 aromatic heterocycles. The van der Waals surface area contributed by atoms with Gasteiger partial charge >= 0.3 is 0 Å². The van der Waals surface area contributed by atoms with E-state index in [0.717, 1.165) is 45.3 Å². The van der Waals surface area contributed by atoms with Gasteiger partial charge < -0.3 is 10.5 Å². The van der Waals surface area contributed by atoms with Crippen molar-refractivity contribution < 1.29 is 9.53 Å². The number of nitrogens with two attached hydrogens (primary N) is 1. The van der Waals surface area contributed by atoms with Crippen LogP contribution in [0.1, 0.15) is 72.1 Å². The minimum atomic E-state index is 0.247. The average Bonchev–Trinajstić information content (AvgIpc) is 2.86. The molecule has 0 aliphatic carbocycles. The zero-order chi connectivity index (χ0) is 15.0. The molecule has 2 unspecified atom stereocenters. The monoisotopic (exact) mass is 283 g/mol. The molecule has 3 nitrogen and oxygen atoms in total. The SMILES string of the molecule is CC(C)(C)C(CCN)CCC(=O)CCCC1CCCO1. The van der Waals surface area contributed by atoms with Crippen molar-refractivity contribution in [3.63, 3.8) is 0 Å². The van der Waals surface area contributed by atoms with E-state index in [9.17, 15) is 4.79 Å². The van der Waals surface area contributed by atoms with E-state index in [1.165, 1.54) is 12.8 Å². The second-order valence-corrected chi connectivity index (χ2v) is 7.24. The zero-order valence-electron chi connectivity index (χ0n) is 13.6. The van der Waals surface area contributed by atoms with Gasteiger partial charge in [-0.25, -0.2) is 0 Å². The Balaban J connectivity index is 2.16. The summed E-state index contributed by atoms with van der Waals surface area (Å²) in [6.07, 6.45) is 8.26. The van der Waals surface area contributed by atoms with Gasteiger partial charge in [0.1, 0.15) is 5.78 Å². The van der Waals surface area contributed by atoms with Crippen molar-refractivity contribution in [1.29, 1.82) is 0 Å². The van der Waals surface area contributed by atoms with Crippen LogP contribution in [0.5, 0.6) is 0 Å². The van der Waals surface area contributed by atoms with E-state index in [1.807, 2.05) is 0 Å². The summed E-state index contributed by atoms with van der Waals surface area (Å²) in [5, 5.41) is 0. The van der Waals surface area contributed by atoms with E-state index in [0.29, 0.717) is 24.2 Å². The Labute approximate surface area is 124 Å². The normalized spacial score (nSPS) is 21.1. The number of hydrogen-bond donors (Lipinski definition) is 1. The van der Waals surface area contributed by atoms with E-state index in [2.05, 4.69) is 20.8 Å². The molecule has 1 saturated heterocycles. The Morgan fingerprint density at radius 2 is 2.05 bits per heavy atom. The molecule has 3 heteroatoms. The third kappa shape index (κ3) is 6.85. The molecule has 1 fully saturated rings. The van der Waals surface area contributed by atoms with Crippen molar-refractivity contribution in [2.75, 3.05) is 13.2 Å². The van der Waals surface area contributed by atoms with Gasteiger partial charge in [0, 0.05) is 19.4 Å². The molecule has 1 rings (SSSR count). The minimum absolute atomic E-state index is 0.247. The second kappa shape index (κ2) is 8.78. The molecule has 0 aromatic carbocycles. The molecule has 0 aromatic rings. The zero-order valence-corrected chi connectivity index (χ0v) is 13.6. The minimum Gasteiger partial charge on any atom is -0.378 e. The first-order valence-corrected chi connectivity index (χ1v) is 8.27. The summed E-state index contributed by atoms with van der Waals surface area (Å²) in [6, 6.07) is 0. The van der Waals surface area contributed by atoms with Crippen molar-refractivity contribution in [3.05, 3.63) is 0 Å². The Morgan fingerprint density at radius 1 is 1.30 bits per heavy atom. The molecule has 0 spiro atoms. The van der Waals surface area contributed by atoms with Crippen molar-refractivity contribution >= 4 is 5.78 Å². The summed E-state index contributed by atoms with van der Waals surface area (Å²) in [5.41, 5.74) is 5.93. The Morgan fingerprint density at radius 3 is 2.60 bits per heavy atom. The summed E-state index contributed by atoms with van der Waals surface area (Å²) < 4.78 is 5.58. The largest absolute Gasteiger partial charge is 0.378 e. The highest BCUT2D eigenvalue weighted by atomic mass is 16.5. The predicted octanol–water partition coefficient (Wildman–Crippen LogP) is 3.70. The maximum atomic E-state index is 12.0. The summed E-state index contributed by atoms with van der Waals surface area (Å²) in [6.45, 7) is 8.36. The maximum absolute atomic E-state index is 12.0. The van der Waals surface area contributed by atoms with Crippen molar-refractivity contribution in [3.8, 4) is 0 Å². The molecule has 0 saturated carbocycles. The summed E-state index contributed by atoms with van der Waals surface area (Å²) >= 11 is 0. The lowest BCUT2D eigenvalue weighted by Crippen LogP contribution is -2.24. The van der Waals surface area contributed by atoms with E-state index < -0.39 is 0 Å². The van der Waals surface area contributed by atoms with Crippen LogP contribution in [-0.2, 0) is 9.53 Å². The smallest absolute Gasteiger partial charge is 0.132 e. The molecular weight excluding hydrogens is 250 g/mol. The fourth-order valence-electron chi connectivity index (χ4n) is 3.07. The standard InChI is InChI=1S/C17H33NO2/c1-17(2,3)14(11-12-18)9-10-15(19)6-4-7-16-8-5-13-20-16/h14,16H,4-13,18H2,1-3H3. The number of rotatable bonds is 9. The molecule has 1 heterocycles. The number of hydrogen-bond acceptors (Lipinski definition) is 3. The van der Waals surface area contributed by atoms with Crippen LogP contribution >= 0.6 is 0 Å². The average molecular weight is 283 g/mol. The first kappa shape index (κ1) is 17.6. The van der Waals surface area contributed by atoms with Gasteiger partial charge in [0.25, 0.3) is 0 Å². The van der Waals surface area contributed by atoms with Crippen molar-refractivity contribution in [2.45, 2.75) is 78.2 Å². The number of carbonyl (C=O) groups is 1. The molecule has 1 aliphatic rings. The lowest BCUT2D eigenvalue weighted by molar-refractivity contribution is -0.119. The van der Waals surface area contributed by atoms with E-state index in [4.69, 9.17) is 10.5 Å². The van der Waals surface area contributed by atoms with Gasteiger partial charge in [0.15, 0.2) is 0 Å². The van der Waals surface area contributed by atoms with Crippen LogP contribution in [0.25, 0.3) is 0 Å². The van der Waals surface area contributed by atoms with Gasteiger partial charge in [-0.2, -0.15) is 0 Å². The molecule has 0 amide bonds. The Hall–Kier alpha value is -0.410. The third-order valence-electron chi connectivity index (χ3n) is 4.52. The topological polar surface area (TPSA) is 52.3 Å². The summed E-state index contributed by atoms with van der Waals surface area (Å²) in [7, 11) is 0. The summed E-state index contributed by atoms with van der Waals surface area (Å²) in [5.74, 6) is 0.962.